The molecule has 0 bridgehead atoms. The Hall–Kier alpha value is -11.8. The zero-order valence-electron chi connectivity index (χ0n) is 84.8. The molecule has 0 fully saturated rings. The Kier molecular flexibility index (Phi) is 43.4. The fourth-order valence-electron chi connectivity index (χ4n) is 15.2. The maximum Gasteiger partial charge on any atom is 0.418 e. The van der Waals surface area contributed by atoms with Crippen LogP contribution in [0.5, 0.6) is 0 Å². The molecular formula is C113H123BrCl6F6N20. The zero-order valence-corrected chi connectivity index (χ0v) is 91.0. The summed E-state index contributed by atoms with van der Waals surface area (Å²) in [5.41, 5.74) is 10.9. The minimum absolute atomic E-state index is 0.101. The van der Waals surface area contributed by atoms with Crippen LogP contribution in [0, 0.1) is 34.6 Å². The maximum absolute atomic E-state index is 13.7. The Morgan fingerprint density at radius 2 is 0.575 bits per heavy atom. The number of nitrogens with one attached hydrogen (secondary N) is 4. The number of aromatic nitrogens is 10. The van der Waals surface area contributed by atoms with Gasteiger partial charge in [-0.3, -0.25) is 0 Å². The lowest BCUT2D eigenvalue weighted by atomic mass is 10.1. The molecule has 0 radical (unpaired) electrons. The predicted octanol–water partition coefficient (Wildman–Crippen LogP) is 29.1. The molecule has 4 N–H and O–H groups in total. The Morgan fingerprint density at radius 1 is 0.281 bits per heavy atom. The maximum atomic E-state index is 13.7. The number of anilines is 5. The molecule has 0 aliphatic rings. The Labute approximate surface area is 890 Å². The van der Waals surface area contributed by atoms with Crippen LogP contribution in [-0.2, 0) is 12.4 Å². The van der Waals surface area contributed by atoms with Crippen LogP contribution in [0.1, 0.15) is 128 Å². The summed E-state index contributed by atoms with van der Waals surface area (Å²) in [4.78, 5) is 58.3. The Morgan fingerprint density at radius 3 is 0.925 bits per heavy atom. The standard InChI is InChI=1S/C24H26ClF3N4.C23H24ClF3N4.C23H27ClN4.C22H24Cl2N4.C21H22BrClN4/c1-16-15-17(9-11-20(16)25)10-12-21-29-22-18(7-5-8-19(22)24(26,27)28)23(30-21)32(4)14-6-13-31(2)3;1-15-14-16(8-10-19(15)24)9-11-20-29-21-17(6-4-7-18(21)23(25,26)27)22(30-20)28-12-5-13-31(2)3;1-16-7-5-8-19-22(16)26-21(27-23(19)25-13-6-14-28(3)4)12-10-18-9-11-20(24)17(2)15-18;1-15-13-16(5-9-19(15)24)6-10-21-26-20-14-17(23)7-8-18(20)22(27-21)25-11-4-12-28(2)3;1-27(2)13-3-12-24-21-18-10-9-17(23)14-19(18)25-20(26-21)11-6-15-4-7-16(22)8-5-15/h5,7-12,15H,6,13-14H2,1-4H3;4,6-11,14H,5,12-13H2,1-3H3,(H,28,29,30);5,7-12,15H,6,13-14H2,1-4H3,(H,25,26,27);5-10,13-14H,4,11-12H2,1-3H3,(H,25,26,27);4-11,14H,3,12-13H2,1-2H3,(H,24,25,26)/b12-10+;11-9+;12-10+;10-6+;11-6+. The minimum Gasteiger partial charge on any atom is -0.369 e. The van der Waals surface area contributed by atoms with E-state index in [0.717, 1.165) is 217 Å². The topological polar surface area (TPSA) is 196 Å². The number of hydrogen-bond acceptors (Lipinski definition) is 20. The first-order valence-electron chi connectivity index (χ1n) is 47.7. The molecule has 0 saturated carbocycles. The van der Waals surface area contributed by atoms with Crippen LogP contribution < -0.4 is 26.2 Å². The second kappa shape index (κ2) is 55.3. The summed E-state index contributed by atoms with van der Waals surface area (Å²) in [6.45, 7) is 18.5. The van der Waals surface area contributed by atoms with E-state index in [1.54, 1.807) is 48.6 Å². The van der Waals surface area contributed by atoms with Crippen molar-refractivity contribution in [1.82, 2.24) is 74.3 Å². The number of alkyl halides is 6. The highest BCUT2D eigenvalue weighted by molar-refractivity contribution is 9.10. The van der Waals surface area contributed by atoms with Crippen LogP contribution in [0.4, 0.5) is 55.4 Å². The summed E-state index contributed by atoms with van der Waals surface area (Å²) in [6.07, 6.45) is 14.4. The van der Waals surface area contributed by atoms with Crippen LogP contribution in [0.3, 0.4) is 0 Å². The molecular weight excluding hydrogens is 2040 g/mol. The van der Waals surface area contributed by atoms with E-state index in [1.807, 2.05) is 224 Å². The number of benzene rings is 10. The molecule has 5 aromatic heterocycles. The van der Waals surface area contributed by atoms with E-state index >= 15 is 0 Å². The Bertz CT molecular complexity index is 7100. The molecule has 0 aliphatic carbocycles. The van der Waals surface area contributed by atoms with E-state index < -0.39 is 23.5 Å². The molecule has 766 valence electrons. The van der Waals surface area contributed by atoms with Gasteiger partial charge in [0, 0.05) is 101 Å². The van der Waals surface area contributed by atoms with Crippen LogP contribution >= 0.6 is 85.5 Å². The number of para-hydroxylation sites is 3. The molecule has 33 heteroatoms. The molecule has 0 unspecified atom stereocenters. The van der Waals surface area contributed by atoms with Gasteiger partial charge in [0.1, 0.15) is 29.1 Å². The number of halogens is 13. The van der Waals surface area contributed by atoms with Gasteiger partial charge in [0.05, 0.1) is 38.7 Å². The summed E-state index contributed by atoms with van der Waals surface area (Å²) < 4.78 is 82.9. The minimum atomic E-state index is -4.51. The van der Waals surface area contributed by atoms with Gasteiger partial charge in [0.15, 0.2) is 29.1 Å². The van der Waals surface area contributed by atoms with Crippen molar-refractivity contribution in [1.29, 1.82) is 0 Å². The van der Waals surface area contributed by atoms with Crippen molar-refractivity contribution >= 4 is 230 Å². The van der Waals surface area contributed by atoms with Gasteiger partial charge in [-0.2, -0.15) is 26.3 Å². The van der Waals surface area contributed by atoms with Gasteiger partial charge >= 0.3 is 12.4 Å². The van der Waals surface area contributed by atoms with Gasteiger partial charge < -0.3 is 50.7 Å². The van der Waals surface area contributed by atoms with Gasteiger partial charge in [-0.05, 0) is 359 Å². The van der Waals surface area contributed by atoms with Gasteiger partial charge in [0.25, 0.3) is 0 Å². The van der Waals surface area contributed by atoms with Gasteiger partial charge in [-0.25, -0.2) is 49.8 Å². The van der Waals surface area contributed by atoms with Gasteiger partial charge in [-0.15, -0.1) is 0 Å². The van der Waals surface area contributed by atoms with Crippen molar-refractivity contribution in [2.45, 2.75) is 79.1 Å². The number of aryl methyl sites for hydroxylation is 5. The first kappa shape index (κ1) is 115. The average Bonchev–Trinajstić information content (AvgIpc) is 0.776. The third kappa shape index (κ3) is 35.5. The number of nitrogens with zero attached hydrogens (tertiary/aromatic N) is 16. The molecule has 10 aromatic carbocycles. The van der Waals surface area contributed by atoms with Crippen molar-refractivity contribution in [3.63, 3.8) is 0 Å². The van der Waals surface area contributed by atoms with Crippen LogP contribution in [0.25, 0.3) is 115 Å². The smallest absolute Gasteiger partial charge is 0.369 e. The van der Waals surface area contributed by atoms with E-state index in [4.69, 9.17) is 89.5 Å². The van der Waals surface area contributed by atoms with Gasteiger partial charge in [-0.1, -0.05) is 201 Å². The van der Waals surface area contributed by atoms with Crippen LogP contribution in [-0.4, -0.2) is 217 Å². The second-order valence-corrected chi connectivity index (χ2v) is 39.9. The van der Waals surface area contributed by atoms with Gasteiger partial charge in [0.2, 0.25) is 0 Å². The molecule has 0 atom stereocenters. The molecule has 15 aromatic rings. The lowest BCUT2D eigenvalue weighted by Crippen LogP contribution is -2.24. The highest BCUT2D eigenvalue weighted by Gasteiger charge is 2.35. The fourth-order valence-corrected chi connectivity index (χ4v) is 16.3. The molecule has 0 amide bonds. The van der Waals surface area contributed by atoms with Crippen molar-refractivity contribution in [3.05, 3.63) is 319 Å². The number of fused-ring (bicyclic) bond motifs is 5. The molecule has 5 heterocycles. The van der Waals surface area contributed by atoms with Crippen molar-refractivity contribution in [2.75, 3.05) is 169 Å². The van der Waals surface area contributed by atoms with E-state index in [2.05, 4.69) is 160 Å². The third-order valence-corrected chi connectivity index (χ3v) is 25.6. The second-order valence-electron chi connectivity index (χ2n) is 36.5. The largest absolute Gasteiger partial charge is 0.418 e. The average molecular weight is 2170 g/mol. The quantitative estimate of drug-likeness (QED) is 0.0216. The summed E-state index contributed by atoms with van der Waals surface area (Å²) in [6, 6.07) is 56.7. The monoisotopic (exact) mass is 2160 g/mol. The molecule has 0 saturated heterocycles. The van der Waals surface area contributed by atoms with E-state index in [1.165, 1.54) is 12.1 Å². The molecule has 15 rings (SSSR count). The summed E-state index contributed by atoms with van der Waals surface area (Å²) in [5.74, 6) is 5.83. The van der Waals surface area contributed by atoms with E-state index in [-0.39, 0.29) is 22.7 Å². The highest BCUT2D eigenvalue weighted by Crippen LogP contribution is 2.40. The lowest BCUT2D eigenvalue weighted by molar-refractivity contribution is -0.137. The van der Waals surface area contributed by atoms with Crippen molar-refractivity contribution in [2.24, 2.45) is 0 Å². The Balaban J connectivity index is 0.000000174. The highest BCUT2D eigenvalue weighted by atomic mass is 79.9. The first-order valence-corrected chi connectivity index (χ1v) is 50.7. The molecule has 146 heavy (non-hydrogen) atoms. The van der Waals surface area contributed by atoms with Crippen molar-refractivity contribution in [3.8, 4) is 0 Å². The van der Waals surface area contributed by atoms with Crippen molar-refractivity contribution < 1.29 is 26.3 Å². The third-order valence-electron chi connectivity index (χ3n) is 22.9. The first-order chi connectivity index (χ1) is 69.6. The molecule has 0 spiro atoms. The molecule has 0 aliphatic heterocycles. The summed E-state index contributed by atoms with van der Waals surface area (Å²) >= 11 is 40.1. The van der Waals surface area contributed by atoms with Crippen LogP contribution in [0.2, 0.25) is 30.1 Å². The van der Waals surface area contributed by atoms with Crippen LogP contribution in [0.15, 0.2) is 193 Å². The predicted molar refractivity (Wildman–Crippen MR) is 609 cm³/mol. The zero-order chi connectivity index (χ0) is 105. The lowest BCUT2D eigenvalue weighted by Gasteiger charge is -2.22. The SMILES string of the molecule is CN(C)CCCNc1nc(/C=C/c2ccc(Br)cc2)nc2cc(Cl)ccc12.Cc1cc(/C=C/c2nc(N(C)CCCN(C)C)c3cccc(C(F)(F)F)c3n2)ccc1Cl.Cc1cc(/C=C/c2nc(NCCCN(C)C)c3ccc(Cl)cc3n2)ccc1Cl.Cc1cc(/C=C/c2nc(NCCCN(C)C)c3cccc(C(F)(F)F)c3n2)ccc1Cl.Cc1cc(/C=C/c2nc(NCCCN(C)C)c3cccc(C)c3n2)ccc1Cl. The number of hydrogen-bond donors (Lipinski definition) is 4. The summed E-state index contributed by atoms with van der Waals surface area (Å²) in [7, 11) is 22.2. The summed E-state index contributed by atoms with van der Waals surface area (Å²) in [5, 5.41) is 21.5. The molecule has 20 nitrogen and oxygen atoms in total. The fraction of sp³-hybridized carbons (Fsp3) is 0.292. The number of rotatable bonds is 35. The normalized spacial score (nSPS) is 11.9. The van der Waals surface area contributed by atoms with E-state index in [9.17, 15) is 26.3 Å². The van der Waals surface area contributed by atoms with E-state index in [0.29, 0.717) is 73.1 Å².